The molecule has 5 nitrogen and oxygen atoms in total. The predicted molar refractivity (Wildman–Crippen MR) is 106 cm³/mol. The van der Waals surface area contributed by atoms with Crippen LogP contribution in [0.5, 0.6) is 0 Å². The van der Waals surface area contributed by atoms with Crippen molar-refractivity contribution < 1.29 is 9.18 Å². The molecule has 0 unspecified atom stereocenters. The molecule has 1 aliphatic heterocycles. The lowest BCUT2D eigenvalue weighted by Gasteiger charge is -2.30. The Kier molecular flexibility index (Phi) is 5.65. The number of rotatable bonds is 4. The van der Waals surface area contributed by atoms with Crippen LogP contribution in [0.4, 0.5) is 16.0 Å². The van der Waals surface area contributed by atoms with Crippen molar-refractivity contribution in [3.63, 3.8) is 0 Å². The molecule has 1 aromatic heterocycles. The number of anilines is 2. The summed E-state index contributed by atoms with van der Waals surface area (Å²) in [5.74, 6) is 0.659. The first-order chi connectivity index (χ1) is 12.7. The normalized spacial score (nSPS) is 14.0. The molecule has 1 N–H and O–H groups in total. The Labute approximate surface area is 164 Å². The van der Waals surface area contributed by atoms with E-state index in [1.807, 2.05) is 20.8 Å². The van der Waals surface area contributed by atoms with E-state index in [2.05, 4.69) is 20.2 Å². The second-order valence-electron chi connectivity index (χ2n) is 8.07. The summed E-state index contributed by atoms with van der Waals surface area (Å²) in [5.41, 5.74) is 1.69. The van der Waals surface area contributed by atoms with Gasteiger partial charge in [0, 0.05) is 19.5 Å². The van der Waals surface area contributed by atoms with Gasteiger partial charge in [0.1, 0.15) is 5.82 Å². The average molecular weight is 391 g/mol. The molecule has 1 aliphatic rings. The minimum atomic E-state index is -0.253. The molecule has 0 fully saturated rings. The molecular formula is C20H24ClFN4O. The van der Waals surface area contributed by atoms with Gasteiger partial charge in [-0.25, -0.2) is 14.4 Å². The summed E-state index contributed by atoms with van der Waals surface area (Å²) >= 11 is 6.30. The smallest absolute Gasteiger partial charge is 0.226 e. The third-order valence-electron chi connectivity index (χ3n) is 4.28. The number of carbonyl (C=O) groups excluding carboxylic acids is 1. The van der Waals surface area contributed by atoms with Crippen LogP contribution < -0.4 is 10.2 Å². The van der Waals surface area contributed by atoms with Crippen LogP contribution in [0.25, 0.3) is 0 Å². The Hall–Kier alpha value is -2.21. The van der Waals surface area contributed by atoms with Crippen LogP contribution in [0, 0.1) is 11.2 Å². The van der Waals surface area contributed by atoms with Gasteiger partial charge in [-0.15, -0.1) is 0 Å². The molecule has 2 heterocycles. The van der Waals surface area contributed by atoms with Crippen LogP contribution in [0.15, 0.2) is 24.3 Å². The van der Waals surface area contributed by atoms with Crippen molar-refractivity contribution in [2.24, 2.45) is 5.41 Å². The Morgan fingerprint density at radius 1 is 1.26 bits per heavy atom. The first-order valence-corrected chi connectivity index (χ1v) is 9.45. The first kappa shape index (κ1) is 19.5. The lowest BCUT2D eigenvalue weighted by Crippen LogP contribution is -2.31. The Morgan fingerprint density at radius 3 is 2.63 bits per heavy atom. The zero-order valence-corrected chi connectivity index (χ0v) is 16.6. The molecule has 0 radical (unpaired) electrons. The maximum Gasteiger partial charge on any atom is 0.226 e. The fourth-order valence-corrected chi connectivity index (χ4v) is 3.28. The van der Waals surface area contributed by atoms with E-state index in [1.165, 1.54) is 12.1 Å². The molecule has 0 bridgehead atoms. The minimum absolute atomic E-state index is 0.121. The van der Waals surface area contributed by atoms with Crippen LogP contribution in [-0.2, 0) is 17.8 Å². The van der Waals surface area contributed by atoms with Crippen molar-refractivity contribution in [3.8, 4) is 0 Å². The summed E-state index contributed by atoms with van der Waals surface area (Å²) in [4.78, 5) is 23.4. The molecule has 0 aliphatic carbocycles. The summed E-state index contributed by atoms with van der Waals surface area (Å²) in [6, 6.07) is 6.43. The summed E-state index contributed by atoms with van der Waals surface area (Å²) < 4.78 is 13.1. The highest BCUT2D eigenvalue weighted by atomic mass is 35.5. The predicted octanol–water partition coefficient (Wildman–Crippen LogP) is 4.60. The van der Waals surface area contributed by atoms with Crippen molar-refractivity contribution >= 4 is 29.1 Å². The second-order valence-corrected chi connectivity index (χ2v) is 8.43. The highest BCUT2D eigenvalue weighted by Crippen LogP contribution is 2.30. The van der Waals surface area contributed by atoms with Crippen molar-refractivity contribution in [1.82, 2.24) is 9.97 Å². The third kappa shape index (κ3) is 5.16. The molecule has 0 atom stereocenters. The van der Waals surface area contributed by atoms with E-state index in [0.29, 0.717) is 18.8 Å². The maximum atomic E-state index is 13.1. The third-order valence-corrected chi connectivity index (χ3v) is 4.54. The van der Waals surface area contributed by atoms with E-state index in [-0.39, 0.29) is 22.3 Å². The number of hydrogen-bond acceptors (Lipinski definition) is 4. The molecule has 3 rings (SSSR count). The summed E-state index contributed by atoms with van der Waals surface area (Å²) in [6.45, 7) is 7.43. The van der Waals surface area contributed by atoms with E-state index in [4.69, 9.17) is 11.6 Å². The highest BCUT2D eigenvalue weighted by molar-refractivity contribution is 6.32. The number of nitrogens with zero attached hydrogens (tertiary/aromatic N) is 3. The second kappa shape index (κ2) is 7.80. The zero-order chi connectivity index (χ0) is 19.6. The van der Waals surface area contributed by atoms with Gasteiger partial charge in [-0.05, 0) is 36.0 Å². The van der Waals surface area contributed by atoms with Crippen molar-refractivity contribution in [2.75, 3.05) is 16.8 Å². The van der Waals surface area contributed by atoms with Gasteiger partial charge in [0.15, 0.2) is 16.8 Å². The molecule has 144 valence electrons. The Morgan fingerprint density at radius 2 is 1.96 bits per heavy atom. The maximum absolute atomic E-state index is 13.1. The number of halogens is 2. The number of benzene rings is 1. The number of fused-ring (bicyclic) bond motifs is 1. The molecule has 0 saturated heterocycles. The average Bonchev–Trinajstić information content (AvgIpc) is 2.56. The lowest BCUT2D eigenvalue weighted by molar-refractivity contribution is -0.117. The fourth-order valence-electron chi connectivity index (χ4n) is 3.11. The van der Waals surface area contributed by atoms with E-state index in [9.17, 15) is 9.18 Å². The van der Waals surface area contributed by atoms with E-state index < -0.39 is 0 Å². The standard InChI is InChI=1S/C20H24ClFN4O/c1-20(2,3)11-16(27)24-18-17(21)25-19-15(23-18)5-4-10-26(19)12-13-6-8-14(22)9-7-13/h6-9H,4-5,10-12H2,1-3H3,(H,23,24,27). The lowest BCUT2D eigenvalue weighted by atomic mass is 9.92. The van der Waals surface area contributed by atoms with E-state index in [0.717, 1.165) is 36.5 Å². The van der Waals surface area contributed by atoms with Gasteiger partial charge >= 0.3 is 0 Å². The Balaban J connectivity index is 1.79. The largest absolute Gasteiger partial charge is 0.351 e. The van der Waals surface area contributed by atoms with Gasteiger partial charge in [-0.2, -0.15) is 0 Å². The van der Waals surface area contributed by atoms with Crippen molar-refractivity contribution in [2.45, 2.75) is 46.6 Å². The van der Waals surface area contributed by atoms with Gasteiger partial charge in [0.05, 0.1) is 5.69 Å². The van der Waals surface area contributed by atoms with Gasteiger partial charge in [0.25, 0.3) is 0 Å². The number of nitrogens with one attached hydrogen (secondary N) is 1. The van der Waals surface area contributed by atoms with Crippen LogP contribution in [-0.4, -0.2) is 22.4 Å². The summed E-state index contributed by atoms with van der Waals surface area (Å²) in [7, 11) is 0. The molecule has 1 amide bonds. The summed E-state index contributed by atoms with van der Waals surface area (Å²) in [5, 5.41) is 2.97. The molecule has 0 saturated carbocycles. The highest BCUT2D eigenvalue weighted by Gasteiger charge is 2.24. The van der Waals surface area contributed by atoms with E-state index >= 15 is 0 Å². The quantitative estimate of drug-likeness (QED) is 0.829. The summed E-state index contributed by atoms with van der Waals surface area (Å²) in [6.07, 6.45) is 2.08. The van der Waals surface area contributed by atoms with Crippen LogP contribution in [0.1, 0.15) is 44.9 Å². The number of aryl methyl sites for hydroxylation is 1. The zero-order valence-electron chi connectivity index (χ0n) is 15.9. The van der Waals surface area contributed by atoms with Crippen LogP contribution in [0.3, 0.4) is 0 Å². The number of aromatic nitrogens is 2. The molecule has 7 heteroatoms. The molecular weight excluding hydrogens is 367 g/mol. The number of amides is 1. The SMILES string of the molecule is CC(C)(C)CC(=O)Nc1nc2c(nc1Cl)N(Cc1ccc(F)cc1)CCC2. The molecule has 27 heavy (non-hydrogen) atoms. The number of carbonyl (C=O) groups is 1. The Bertz CT molecular complexity index is 833. The van der Waals surface area contributed by atoms with Gasteiger partial charge < -0.3 is 10.2 Å². The van der Waals surface area contributed by atoms with Crippen LogP contribution in [0.2, 0.25) is 5.15 Å². The number of hydrogen-bond donors (Lipinski definition) is 1. The van der Waals surface area contributed by atoms with Gasteiger partial charge in [-0.1, -0.05) is 44.5 Å². The molecule has 0 spiro atoms. The van der Waals surface area contributed by atoms with Crippen LogP contribution >= 0.6 is 11.6 Å². The first-order valence-electron chi connectivity index (χ1n) is 9.07. The topological polar surface area (TPSA) is 58.1 Å². The fraction of sp³-hybridized carbons (Fsp3) is 0.450. The monoisotopic (exact) mass is 390 g/mol. The van der Waals surface area contributed by atoms with Crippen molar-refractivity contribution in [1.29, 1.82) is 0 Å². The molecule has 2 aromatic rings. The molecule has 1 aromatic carbocycles. The van der Waals surface area contributed by atoms with Gasteiger partial charge in [-0.3, -0.25) is 4.79 Å². The van der Waals surface area contributed by atoms with Crippen molar-refractivity contribution in [3.05, 3.63) is 46.5 Å². The van der Waals surface area contributed by atoms with E-state index in [1.54, 1.807) is 12.1 Å². The minimum Gasteiger partial charge on any atom is -0.351 e. The van der Waals surface area contributed by atoms with Gasteiger partial charge in [0.2, 0.25) is 5.91 Å².